The zero-order valence-corrected chi connectivity index (χ0v) is 13.3. The van der Waals surface area contributed by atoms with E-state index < -0.39 is 10.0 Å². The molecule has 6 nitrogen and oxygen atoms in total. The Morgan fingerprint density at radius 1 is 1.29 bits per heavy atom. The molecule has 0 aliphatic carbocycles. The molecule has 0 bridgehead atoms. The largest absolute Gasteiger partial charge is 0.332 e. The molecule has 2 aromatic heterocycles. The van der Waals surface area contributed by atoms with E-state index in [1.54, 1.807) is 12.3 Å². The van der Waals surface area contributed by atoms with Crippen LogP contribution in [-0.4, -0.2) is 33.7 Å². The molecule has 21 heavy (non-hydrogen) atoms. The lowest BCUT2D eigenvalue weighted by Gasteiger charge is -2.24. The number of nitrogens with zero attached hydrogens (tertiary/aromatic N) is 3. The summed E-state index contributed by atoms with van der Waals surface area (Å²) in [7, 11) is -3.61. The molecule has 0 amide bonds. The smallest absolute Gasteiger partial charge is 0.260 e. The number of aryl methyl sites for hydroxylation is 1. The molecule has 0 aliphatic heterocycles. The van der Waals surface area contributed by atoms with Crippen LogP contribution in [0.25, 0.3) is 0 Å². The van der Waals surface area contributed by atoms with E-state index in [4.69, 9.17) is 0 Å². The number of hydrogen-bond donors (Lipinski definition) is 1. The first-order valence-electron chi connectivity index (χ1n) is 6.90. The monoisotopic (exact) mass is 308 g/mol. The Balaban J connectivity index is 2.32. The van der Waals surface area contributed by atoms with Crippen LogP contribution in [0.1, 0.15) is 32.3 Å². The van der Waals surface area contributed by atoms with E-state index in [2.05, 4.69) is 15.0 Å². The van der Waals surface area contributed by atoms with Gasteiger partial charge in [-0.3, -0.25) is 4.98 Å². The topological polar surface area (TPSA) is 79.0 Å². The van der Waals surface area contributed by atoms with Crippen molar-refractivity contribution in [3.8, 4) is 0 Å². The normalized spacial score (nSPS) is 12.2. The second-order valence-corrected chi connectivity index (χ2v) is 6.87. The van der Waals surface area contributed by atoms with Gasteiger partial charge < -0.3 is 4.98 Å². The van der Waals surface area contributed by atoms with E-state index in [0.717, 1.165) is 0 Å². The minimum atomic E-state index is -3.61. The summed E-state index contributed by atoms with van der Waals surface area (Å²) < 4.78 is 26.9. The van der Waals surface area contributed by atoms with Crippen LogP contribution in [0.5, 0.6) is 0 Å². The van der Waals surface area contributed by atoms with Gasteiger partial charge in [-0.25, -0.2) is 13.4 Å². The first-order chi connectivity index (χ1) is 9.95. The summed E-state index contributed by atoms with van der Waals surface area (Å²) >= 11 is 0. The molecule has 0 spiro atoms. The van der Waals surface area contributed by atoms with E-state index in [-0.39, 0.29) is 17.6 Å². The van der Waals surface area contributed by atoms with Gasteiger partial charge in [0, 0.05) is 18.7 Å². The Kier molecular flexibility index (Phi) is 4.74. The van der Waals surface area contributed by atoms with E-state index in [1.165, 1.54) is 10.5 Å². The van der Waals surface area contributed by atoms with Crippen molar-refractivity contribution in [2.75, 3.05) is 0 Å². The lowest BCUT2D eigenvalue weighted by atomic mass is 10.3. The van der Waals surface area contributed by atoms with Gasteiger partial charge in [0.05, 0.1) is 18.4 Å². The summed E-state index contributed by atoms with van der Waals surface area (Å²) in [6.45, 7) is 5.85. The Bertz CT molecular complexity index is 680. The van der Waals surface area contributed by atoms with Crippen molar-refractivity contribution >= 4 is 10.0 Å². The first-order valence-corrected chi connectivity index (χ1v) is 8.34. The fourth-order valence-corrected chi connectivity index (χ4v) is 3.52. The Morgan fingerprint density at radius 2 is 2.05 bits per heavy atom. The molecule has 0 saturated heterocycles. The maximum absolute atomic E-state index is 12.7. The zero-order chi connectivity index (χ0) is 15.5. The highest BCUT2D eigenvalue weighted by Crippen LogP contribution is 2.19. The molecule has 114 valence electrons. The molecule has 0 unspecified atom stereocenters. The number of aromatic amines is 1. The molecule has 0 saturated carbocycles. The van der Waals surface area contributed by atoms with Gasteiger partial charge in [-0.1, -0.05) is 13.0 Å². The van der Waals surface area contributed by atoms with Crippen LogP contribution in [0.4, 0.5) is 0 Å². The number of pyridine rings is 1. The summed E-state index contributed by atoms with van der Waals surface area (Å²) in [5.41, 5.74) is 0.713. The maximum atomic E-state index is 12.7. The van der Waals surface area contributed by atoms with Gasteiger partial charge >= 0.3 is 0 Å². The second-order valence-electron chi connectivity index (χ2n) is 5.01. The molecule has 0 aliphatic rings. The highest BCUT2D eigenvalue weighted by Gasteiger charge is 2.29. The Hall–Kier alpha value is -1.73. The van der Waals surface area contributed by atoms with Crippen molar-refractivity contribution in [2.45, 2.75) is 44.8 Å². The number of nitrogens with one attached hydrogen (secondary N) is 1. The Morgan fingerprint density at radius 3 is 2.57 bits per heavy atom. The summed E-state index contributed by atoms with van der Waals surface area (Å²) in [5, 5.41) is 0.129. The fourth-order valence-electron chi connectivity index (χ4n) is 1.98. The summed E-state index contributed by atoms with van der Waals surface area (Å²) in [4.78, 5) is 11.1. The number of sulfonamides is 1. The molecule has 1 N–H and O–H groups in total. The van der Waals surface area contributed by atoms with E-state index in [9.17, 15) is 8.42 Å². The number of H-pyrrole nitrogens is 1. The van der Waals surface area contributed by atoms with E-state index >= 15 is 0 Å². The minimum Gasteiger partial charge on any atom is -0.332 e. The predicted octanol–water partition coefficient (Wildman–Crippen LogP) is 1.97. The molecule has 2 aromatic rings. The van der Waals surface area contributed by atoms with Crippen LogP contribution in [0, 0.1) is 0 Å². The van der Waals surface area contributed by atoms with Crippen LogP contribution < -0.4 is 0 Å². The van der Waals surface area contributed by atoms with Crippen molar-refractivity contribution in [3.05, 3.63) is 42.1 Å². The molecule has 7 heteroatoms. The number of hydrogen-bond acceptors (Lipinski definition) is 4. The predicted molar refractivity (Wildman–Crippen MR) is 80.1 cm³/mol. The number of aromatic nitrogens is 3. The molecule has 2 heterocycles. The van der Waals surface area contributed by atoms with Crippen molar-refractivity contribution in [3.63, 3.8) is 0 Å². The number of rotatable bonds is 6. The van der Waals surface area contributed by atoms with Crippen LogP contribution in [0.15, 0.2) is 35.6 Å². The third-order valence-corrected chi connectivity index (χ3v) is 5.08. The van der Waals surface area contributed by atoms with E-state index in [1.807, 2.05) is 32.9 Å². The summed E-state index contributed by atoms with van der Waals surface area (Å²) in [5.74, 6) is 0.662. The lowest BCUT2D eigenvalue weighted by molar-refractivity contribution is 0.343. The SMILES string of the molecule is CCc1ncc(S(=O)(=O)N(Cc2ccccn2)C(C)C)[nH]1. The third kappa shape index (κ3) is 3.48. The highest BCUT2D eigenvalue weighted by molar-refractivity contribution is 7.89. The van der Waals surface area contributed by atoms with Gasteiger partial charge in [-0.05, 0) is 26.0 Å². The standard InChI is InChI=1S/C14H20N4O2S/c1-4-13-16-9-14(17-13)21(19,20)18(11(2)3)10-12-7-5-6-8-15-12/h5-9,11H,4,10H2,1-3H3,(H,16,17). The molecule has 2 rings (SSSR count). The van der Waals surface area contributed by atoms with Gasteiger partial charge in [0.15, 0.2) is 5.03 Å². The van der Waals surface area contributed by atoms with Crippen LogP contribution in [0.3, 0.4) is 0 Å². The second kappa shape index (κ2) is 6.36. The quantitative estimate of drug-likeness (QED) is 0.885. The third-order valence-electron chi connectivity index (χ3n) is 3.15. The summed E-state index contributed by atoms with van der Waals surface area (Å²) in [6, 6.07) is 5.29. The summed E-state index contributed by atoms with van der Waals surface area (Å²) in [6.07, 6.45) is 3.70. The van der Waals surface area contributed by atoms with Crippen molar-refractivity contribution in [2.24, 2.45) is 0 Å². The van der Waals surface area contributed by atoms with Gasteiger partial charge in [0.1, 0.15) is 5.82 Å². The van der Waals surface area contributed by atoms with Crippen LogP contribution >= 0.6 is 0 Å². The van der Waals surface area contributed by atoms with Crippen molar-refractivity contribution in [1.82, 2.24) is 19.3 Å². The average molecular weight is 308 g/mol. The highest BCUT2D eigenvalue weighted by atomic mass is 32.2. The van der Waals surface area contributed by atoms with Gasteiger partial charge in [0.2, 0.25) is 0 Å². The fraction of sp³-hybridized carbons (Fsp3) is 0.429. The molecule has 0 aromatic carbocycles. The van der Waals surface area contributed by atoms with Gasteiger partial charge in [-0.2, -0.15) is 4.31 Å². The van der Waals surface area contributed by atoms with Crippen molar-refractivity contribution in [1.29, 1.82) is 0 Å². The molecule has 0 radical (unpaired) electrons. The molecule has 0 fully saturated rings. The lowest BCUT2D eigenvalue weighted by Crippen LogP contribution is -2.36. The molecule has 0 atom stereocenters. The van der Waals surface area contributed by atoms with E-state index in [0.29, 0.717) is 17.9 Å². The Labute approximate surface area is 125 Å². The van der Waals surface area contributed by atoms with Crippen LogP contribution in [0.2, 0.25) is 0 Å². The zero-order valence-electron chi connectivity index (χ0n) is 12.4. The minimum absolute atomic E-state index is 0.129. The number of imidazole rings is 1. The molecular formula is C14H20N4O2S. The van der Waals surface area contributed by atoms with Gasteiger partial charge in [0.25, 0.3) is 10.0 Å². The average Bonchev–Trinajstić information content (AvgIpc) is 2.95. The molecular weight excluding hydrogens is 288 g/mol. The van der Waals surface area contributed by atoms with Crippen molar-refractivity contribution < 1.29 is 8.42 Å². The van der Waals surface area contributed by atoms with Crippen LogP contribution in [-0.2, 0) is 23.0 Å². The maximum Gasteiger partial charge on any atom is 0.260 e. The van der Waals surface area contributed by atoms with Gasteiger partial charge in [-0.15, -0.1) is 0 Å². The first kappa shape index (κ1) is 15.7.